The van der Waals surface area contributed by atoms with Crippen LogP contribution in [0.4, 0.5) is 10.1 Å². The molecular weight excluding hydrogens is 231 g/mol. The van der Waals surface area contributed by atoms with E-state index < -0.39 is 0 Å². The second-order valence-electron chi connectivity index (χ2n) is 4.84. The summed E-state index contributed by atoms with van der Waals surface area (Å²) >= 11 is 0. The molecule has 1 unspecified atom stereocenters. The van der Waals surface area contributed by atoms with Gasteiger partial charge in [-0.15, -0.1) is 0 Å². The summed E-state index contributed by atoms with van der Waals surface area (Å²) in [5.41, 5.74) is 0.760. The van der Waals surface area contributed by atoms with Gasteiger partial charge in [-0.3, -0.25) is 4.79 Å². The molecule has 0 radical (unpaired) electrons. The van der Waals surface area contributed by atoms with Gasteiger partial charge in [0.2, 0.25) is 0 Å². The van der Waals surface area contributed by atoms with E-state index in [1.807, 2.05) is 6.92 Å². The van der Waals surface area contributed by atoms with Gasteiger partial charge < -0.3 is 10.2 Å². The van der Waals surface area contributed by atoms with Crippen molar-refractivity contribution in [3.05, 3.63) is 29.6 Å². The van der Waals surface area contributed by atoms with Crippen molar-refractivity contribution in [2.45, 2.75) is 20.3 Å². The molecule has 4 heteroatoms. The average Bonchev–Trinajstić information content (AvgIpc) is 2.78. The van der Waals surface area contributed by atoms with Gasteiger partial charge >= 0.3 is 0 Å². The molecule has 1 saturated heterocycles. The number of nitrogens with zero attached hydrogens (tertiary/aromatic N) is 1. The highest BCUT2D eigenvalue weighted by Gasteiger charge is 2.26. The van der Waals surface area contributed by atoms with Crippen molar-refractivity contribution >= 4 is 11.6 Å². The van der Waals surface area contributed by atoms with Gasteiger partial charge in [-0.1, -0.05) is 13.0 Å². The Labute approximate surface area is 107 Å². The maximum absolute atomic E-state index is 13.7. The summed E-state index contributed by atoms with van der Waals surface area (Å²) in [6.45, 7) is 6.14. The number of hydrogen-bond donors (Lipinski definition) is 1. The Morgan fingerprint density at radius 2 is 2.33 bits per heavy atom. The topological polar surface area (TPSA) is 32.3 Å². The molecule has 2 rings (SSSR count). The number of halogens is 1. The summed E-state index contributed by atoms with van der Waals surface area (Å²) in [5, 5.41) is 2.94. The molecule has 0 bridgehead atoms. The van der Waals surface area contributed by atoms with Crippen LogP contribution in [0.3, 0.4) is 0 Å². The van der Waals surface area contributed by atoms with Crippen LogP contribution in [0.1, 0.15) is 30.6 Å². The van der Waals surface area contributed by atoms with Crippen LogP contribution in [0.5, 0.6) is 0 Å². The van der Waals surface area contributed by atoms with Crippen LogP contribution in [0.15, 0.2) is 18.2 Å². The Morgan fingerprint density at radius 3 is 2.94 bits per heavy atom. The molecule has 0 aromatic heterocycles. The fourth-order valence-electron chi connectivity index (χ4n) is 2.35. The van der Waals surface area contributed by atoms with Gasteiger partial charge in [0.15, 0.2) is 0 Å². The van der Waals surface area contributed by atoms with Crippen molar-refractivity contribution in [1.29, 1.82) is 0 Å². The van der Waals surface area contributed by atoms with E-state index >= 15 is 0 Å². The fraction of sp³-hybridized carbons (Fsp3) is 0.500. The number of carbonyl (C=O) groups is 1. The van der Waals surface area contributed by atoms with Crippen molar-refractivity contribution in [3.63, 3.8) is 0 Å². The first kappa shape index (κ1) is 12.9. The predicted molar refractivity (Wildman–Crippen MR) is 70.2 cm³/mol. The maximum atomic E-state index is 13.7. The molecule has 1 heterocycles. The molecule has 0 aliphatic carbocycles. The molecule has 0 saturated carbocycles. The van der Waals surface area contributed by atoms with Crippen molar-refractivity contribution < 1.29 is 9.18 Å². The highest BCUT2D eigenvalue weighted by Crippen LogP contribution is 2.24. The Bertz CT molecular complexity index is 447. The molecule has 1 aromatic carbocycles. The summed E-state index contributed by atoms with van der Waals surface area (Å²) in [4.78, 5) is 14.2. The van der Waals surface area contributed by atoms with Gasteiger partial charge in [0, 0.05) is 19.6 Å². The Balaban J connectivity index is 2.27. The van der Waals surface area contributed by atoms with Gasteiger partial charge in [0.25, 0.3) is 5.91 Å². The van der Waals surface area contributed by atoms with E-state index in [0.29, 0.717) is 23.7 Å². The van der Waals surface area contributed by atoms with Crippen LogP contribution in [0, 0.1) is 11.7 Å². The molecular formula is C14H19FN2O. The average molecular weight is 250 g/mol. The van der Waals surface area contributed by atoms with Crippen LogP contribution < -0.4 is 5.32 Å². The normalized spacial score (nSPS) is 19.1. The SMILES string of the molecule is CCNc1c(F)cccc1C(=O)N1CCC(C)C1. The van der Waals surface area contributed by atoms with Gasteiger partial charge in [-0.05, 0) is 31.4 Å². The lowest BCUT2D eigenvalue weighted by atomic mass is 10.1. The quantitative estimate of drug-likeness (QED) is 0.894. The summed E-state index contributed by atoms with van der Waals surface area (Å²) in [5.74, 6) is 0.0924. The van der Waals surface area contributed by atoms with Gasteiger partial charge in [-0.2, -0.15) is 0 Å². The molecule has 3 nitrogen and oxygen atoms in total. The van der Waals surface area contributed by atoms with Gasteiger partial charge in [-0.25, -0.2) is 4.39 Å². The lowest BCUT2D eigenvalue weighted by Crippen LogP contribution is -2.29. The van der Waals surface area contributed by atoms with Crippen molar-refractivity contribution in [3.8, 4) is 0 Å². The minimum absolute atomic E-state index is 0.0743. The number of carbonyl (C=O) groups excluding carboxylic acids is 1. The number of hydrogen-bond acceptors (Lipinski definition) is 2. The monoisotopic (exact) mass is 250 g/mol. The van der Waals surface area contributed by atoms with Crippen LogP contribution in [0.25, 0.3) is 0 Å². The van der Waals surface area contributed by atoms with E-state index in [0.717, 1.165) is 19.5 Å². The third-order valence-corrected chi connectivity index (χ3v) is 3.31. The largest absolute Gasteiger partial charge is 0.382 e. The first-order chi connectivity index (χ1) is 8.63. The van der Waals surface area contributed by atoms with Crippen LogP contribution in [0.2, 0.25) is 0 Å². The number of para-hydroxylation sites is 1. The molecule has 1 aliphatic heterocycles. The zero-order valence-electron chi connectivity index (χ0n) is 10.9. The molecule has 98 valence electrons. The molecule has 1 N–H and O–H groups in total. The van der Waals surface area contributed by atoms with Gasteiger partial charge in [0.1, 0.15) is 5.82 Å². The lowest BCUT2D eigenvalue weighted by Gasteiger charge is -2.18. The zero-order chi connectivity index (χ0) is 13.1. The number of nitrogens with one attached hydrogen (secondary N) is 1. The minimum atomic E-state index is -0.366. The van der Waals surface area contributed by atoms with E-state index in [1.165, 1.54) is 6.07 Å². The molecule has 0 spiro atoms. The van der Waals surface area contributed by atoms with Crippen LogP contribution in [-0.2, 0) is 0 Å². The predicted octanol–water partition coefficient (Wildman–Crippen LogP) is 2.74. The first-order valence-corrected chi connectivity index (χ1v) is 6.45. The Kier molecular flexibility index (Phi) is 3.84. The standard InChI is InChI=1S/C14H19FN2O/c1-3-16-13-11(5-4-6-12(13)15)14(18)17-8-7-10(2)9-17/h4-6,10,16H,3,7-9H2,1-2H3. The second-order valence-corrected chi connectivity index (χ2v) is 4.84. The third kappa shape index (κ3) is 2.47. The second kappa shape index (κ2) is 5.38. The lowest BCUT2D eigenvalue weighted by molar-refractivity contribution is 0.0788. The fourth-order valence-corrected chi connectivity index (χ4v) is 2.35. The highest BCUT2D eigenvalue weighted by molar-refractivity contribution is 5.99. The minimum Gasteiger partial charge on any atom is -0.382 e. The smallest absolute Gasteiger partial charge is 0.256 e. The number of amides is 1. The number of likely N-dealkylation sites (tertiary alicyclic amines) is 1. The van der Waals surface area contributed by atoms with E-state index in [9.17, 15) is 9.18 Å². The Hall–Kier alpha value is -1.58. The number of anilines is 1. The van der Waals surface area contributed by atoms with Crippen LogP contribution >= 0.6 is 0 Å². The number of rotatable bonds is 3. The van der Waals surface area contributed by atoms with Crippen molar-refractivity contribution in [2.24, 2.45) is 5.92 Å². The molecule has 1 atom stereocenters. The zero-order valence-corrected chi connectivity index (χ0v) is 10.9. The van der Waals surface area contributed by atoms with Gasteiger partial charge in [0.05, 0.1) is 11.3 Å². The summed E-state index contributed by atoms with van der Waals surface area (Å²) in [6.07, 6.45) is 1.03. The maximum Gasteiger partial charge on any atom is 0.256 e. The first-order valence-electron chi connectivity index (χ1n) is 6.45. The molecule has 1 aliphatic rings. The summed E-state index contributed by atoms with van der Waals surface area (Å²) in [7, 11) is 0. The van der Waals surface area contributed by atoms with Crippen molar-refractivity contribution in [2.75, 3.05) is 25.0 Å². The van der Waals surface area contributed by atoms with E-state index in [2.05, 4.69) is 12.2 Å². The van der Waals surface area contributed by atoms with E-state index in [-0.39, 0.29) is 11.7 Å². The molecule has 1 fully saturated rings. The molecule has 1 aromatic rings. The molecule has 1 amide bonds. The third-order valence-electron chi connectivity index (χ3n) is 3.31. The molecule has 18 heavy (non-hydrogen) atoms. The Morgan fingerprint density at radius 1 is 1.56 bits per heavy atom. The summed E-state index contributed by atoms with van der Waals surface area (Å²) < 4.78 is 13.7. The van der Waals surface area contributed by atoms with E-state index in [1.54, 1.807) is 17.0 Å². The number of benzene rings is 1. The van der Waals surface area contributed by atoms with Crippen molar-refractivity contribution in [1.82, 2.24) is 4.90 Å². The summed E-state index contributed by atoms with van der Waals surface area (Å²) in [6, 6.07) is 4.65. The highest BCUT2D eigenvalue weighted by atomic mass is 19.1. The van der Waals surface area contributed by atoms with E-state index in [4.69, 9.17) is 0 Å². The van der Waals surface area contributed by atoms with Crippen LogP contribution in [-0.4, -0.2) is 30.4 Å².